The molecule has 1 aromatic heterocycles. The van der Waals surface area contributed by atoms with Crippen LogP contribution in [0.25, 0.3) is 6.08 Å². The van der Waals surface area contributed by atoms with Gasteiger partial charge >= 0.3 is 0 Å². The lowest BCUT2D eigenvalue weighted by Crippen LogP contribution is -2.40. The fourth-order valence-electron chi connectivity index (χ4n) is 2.46. The van der Waals surface area contributed by atoms with Crippen molar-refractivity contribution in [1.29, 1.82) is 0 Å². The highest BCUT2D eigenvalue weighted by atomic mass is 79.9. The topological polar surface area (TPSA) is 75.7 Å². The van der Waals surface area contributed by atoms with Crippen molar-refractivity contribution in [3.8, 4) is 0 Å². The van der Waals surface area contributed by atoms with Crippen LogP contribution in [0.4, 0.5) is 5.69 Å². The summed E-state index contributed by atoms with van der Waals surface area (Å²) < 4.78 is 33.1. The van der Waals surface area contributed by atoms with E-state index in [2.05, 4.69) is 21.2 Å². The van der Waals surface area contributed by atoms with E-state index in [4.69, 9.17) is 16.3 Å². The average Bonchev–Trinajstić information content (AvgIpc) is 3.07. The van der Waals surface area contributed by atoms with E-state index in [0.29, 0.717) is 18.9 Å². The molecule has 1 N–H and O–H groups in total. The van der Waals surface area contributed by atoms with Crippen molar-refractivity contribution >= 4 is 66.6 Å². The molecule has 1 saturated heterocycles. The first-order chi connectivity index (χ1) is 12.9. The molecule has 0 unspecified atom stereocenters. The van der Waals surface area contributed by atoms with Crippen LogP contribution in [0.5, 0.6) is 0 Å². The molecule has 2 heterocycles. The number of carbonyl (C=O) groups excluding carboxylic acids is 1. The number of sulfonamides is 1. The monoisotopic (exact) mass is 490 g/mol. The Bertz CT molecular complexity index is 969. The molecule has 1 aliphatic rings. The van der Waals surface area contributed by atoms with Gasteiger partial charge in [0, 0.05) is 29.7 Å². The number of morpholine rings is 1. The Morgan fingerprint density at radius 1 is 1.26 bits per heavy atom. The van der Waals surface area contributed by atoms with Gasteiger partial charge in [-0.3, -0.25) is 4.79 Å². The van der Waals surface area contributed by atoms with Crippen molar-refractivity contribution < 1.29 is 17.9 Å². The molecule has 10 heteroatoms. The Hall–Kier alpha value is -1.23. The van der Waals surface area contributed by atoms with Crippen molar-refractivity contribution in [2.45, 2.75) is 4.90 Å². The summed E-state index contributed by atoms with van der Waals surface area (Å²) >= 11 is 11.0. The molecule has 0 saturated carbocycles. The smallest absolute Gasteiger partial charge is 0.248 e. The van der Waals surface area contributed by atoms with Crippen molar-refractivity contribution in [2.75, 3.05) is 31.6 Å². The van der Waals surface area contributed by atoms with Gasteiger partial charge in [0.05, 0.1) is 22.0 Å². The number of halogens is 2. The summed E-state index contributed by atoms with van der Waals surface area (Å²) in [5, 5.41) is 2.77. The van der Waals surface area contributed by atoms with Crippen LogP contribution in [0.2, 0.25) is 5.02 Å². The molecule has 1 aliphatic heterocycles. The summed E-state index contributed by atoms with van der Waals surface area (Å²) in [6.07, 6.45) is 3.08. The Labute approximate surface area is 175 Å². The summed E-state index contributed by atoms with van der Waals surface area (Å²) in [6, 6.07) is 8.18. The number of rotatable bonds is 5. The predicted octanol–water partition coefficient (Wildman–Crippen LogP) is 3.84. The molecule has 0 spiro atoms. The van der Waals surface area contributed by atoms with E-state index in [-0.39, 0.29) is 28.9 Å². The summed E-state index contributed by atoms with van der Waals surface area (Å²) in [5.74, 6) is -0.364. The van der Waals surface area contributed by atoms with Crippen molar-refractivity contribution in [3.63, 3.8) is 0 Å². The third-order valence-electron chi connectivity index (χ3n) is 3.78. The third-order valence-corrected chi connectivity index (χ3v) is 7.75. The number of nitrogens with one attached hydrogen (secondary N) is 1. The van der Waals surface area contributed by atoms with Crippen LogP contribution < -0.4 is 5.32 Å². The second kappa shape index (κ2) is 8.85. The molecule has 1 aromatic carbocycles. The molecule has 0 radical (unpaired) electrons. The molecule has 3 rings (SSSR count). The summed E-state index contributed by atoms with van der Waals surface area (Å²) in [6.45, 7) is 1.23. The van der Waals surface area contributed by atoms with Crippen LogP contribution in [-0.4, -0.2) is 44.9 Å². The molecular formula is C17H16BrClN2O4S2. The lowest BCUT2D eigenvalue weighted by Gasteiger charge is -2.26. The van der Waals surface area contributed by atoms with Crippen LogP contribution >= 0.6 is 38.9 Å². The molecule has 1 amide bonds. The summed E-state index contributed by atoms with van der Waals surface area (Å²) in [4.78, 5) is 13.0. The first-order valence-electron chi connectivity index (χ1n) is 7.98. The Morgan fingerprint density at radius 3 is 2.67 bits per heavy atom. The zero-order valence-corrected chi connectivity index (χ0v) is 18.0. The van der Waals surface area contributed by atoms with E-state index in [1.54, 1.807) is 12.1 Å². The van der Waals surface area contributed by atoms with E-state index < -0.39 is 10.0 Å². The molecule has 0 aliphatic carbocycles. The maximum Gasteiger partial charge on any atom is 0.248 e. The fraction of sp³-hybridized carbons (Fsp3) is 0.235. The predicted molar refractivity (Wildman–Crippen MR) is 111 cm³/mol. The first kappa shape index (κ1) is 20.5. The van der Waals surface area contributed by atoms with Gasteiger partial charge in [-0.05, 0) is 52.3 Å². The largest absolute Gasteiger partial charge is 0.379 e. The second-order valence-corrected chi connectivity index (χ2v) is 10.4. The van der Waals surface area contributed by atoms with Gasteiger partial charge in [-0.1, -0.05) is 11.6 Å². The number of benzene rings is 1. The Kier molecular flexibility index (Phi) is 6.72. The number of thiophene rings is 1. The van der Waals surface area contributed by atoms with Gasteiger partial charge in [0.25, 0.3) is 0 Å². The normalized spacial score (nSPS) is 15.9. The minimum atomic E-state index is -3.75. The van der Waals surface area contributed by atoms with Gasteiger partial charge in [0.15, 0.2) is 0 Å². The third kappa shape index (κ3) is 5.18. The van der Waals surface area contributed by atoms with E-state index >= 15 is 0 Å². The molecule has 6 nitrogen and oxygen atoms in total. The highest BCUT2D eigenvalue weighted by molar-refractivity contribution is 9.11. The van der Waals surface area contributed by atoms with Crippen molar-refractivity contribution in [2.24, 2.45) is 0 Å². The average molecular weight is 492 g/mol. The molecule has 144 valence electrons. The summed E-state index contributed by atoms with van der Waals surface area (Å²) in [7, 11) is -3.75. The number of hydrogen-bond donors (Lipinski definition) is 1. The van der Waals surface area contributed by atoms with E-state index in [0.717, 1.165) is 8.66 Å². The molecule has 2 aromatic rings. The lowest BCUT2D eigenvalue weighted by molar-refractivity contribution is -0.111. The standard InChI is InChI=1S/C17H16BrClN2O4S2/c18-16-5-2-13(26-16)3-6-17(22)20-12-1-4-14(19)15(11-12)27(23,24)21-7-9-25-10-8-21/h1-6,11H,7-10H2,(H,20,22)/b6-3+. The number of amides is 1. The van der Waals surface area contributed by atoms with E-state index in [1.807, 2.05) is 12.1 Å². The highest BCUT2D eigenvalue weighted by Crippen LogP contribution is 2.28. The van der Waals surface area contributed by atoms with E-state index in [1.165, 1.54) is 33.9 Å². The number of carbonyl (C=O) groups is 1. The quantitative estimate of drug-likeness (QED) is 0.645. The second-order valence-electron chi connectivity index (χ2n) is 5.63. The van der Waals surface area contributed by atoms with Crippen LogP contribution in [0, 0.1) is 0 Å². The van der Waals surface area contributed by atoms with Crippen molar-refractivity contribution in [1.82, 2.24) is 4.31 Å². The van der Waals surface area contributed by atoms with Crippen LogP contribution in [0.3, 0.4) is 0 Å². The molecule has 27 heavy (non-hydrogen) atoms. The molecular weight excluding hydrogens is 476 g/mol. The number of hydrogen-bond acceptors (Lipinski definition) is 5. The Balaban J connectivity index is 1.76. The number of anilines is 1. The van der Waals surface area contributed by atoms with Crippen molar-refractivity contribution in [3.05, 3.63) is 50.1 Å². The number of ether oxygens (including phenoxy) is 1. The fourth-order valence-corrected chi connectivity index (χ4v) is 5.70. The molecule has 0 atom stereocenters. The van der Waals surface area contributed by atoms with Gasteiger partial charge in [-0.15, -0.1) is 11.3 Å². The minimum absolute atomic E-state index is 0.0324. The van der Waals surface area contributed by atoms with Gasteiger partial charge in [0.1, 0.15) is 4.90 Å². The lowest BCUT2D eigenvalue weighted by atomic mass is 10.3. The van der Waals surface area contributed by atoms with Gasteiger partial charge in [0.2, 0.25) is 15.9 Å². The first-order valence-corrected chi connectivity index (χ1v) is 11.4. The maximum absolute atomic E-state index is 12.8. The van der Waals surface area contributed by atoms with Crippen LogP contribution in [0.1, 0.15) is 4.88 Å². The zero-order valence-electron chi connectivity index (χ0n) is 14.0. The maximum atomic E-state index is 12.8. The Morgan fingerprint density at radius 2 is 2.00 bits per heavy atom. The minimum Gasteiger partial charge on any atom is -0.379 e. The van der Waals surface area contributed by atoms with Crippen LogP contribution in [0.15, 0.2) is 45.1 Å². The van der Waals surface area contributed by atoms with E-state index in [9.17, 15) is 13.2 Å². The van der Waals surface area contributed by atoms with Gasteiger partial charge in [-0.25, -0.2) is 8.42 Å². The number of nitrogens with zero attached hydrogens (tertiary/aromatic N) is 1. The molecule has 0 bridgehead atoms. The van der Waals surface area contributed by atoms with Gasteiger partial charge in [-0.2, -0.15) is 4.31 Å². The SMILES string of the molecule is O=C(/C=C/c1ccc(Br)s1)Nc1ccc(Cl)c(S(=O)(=O)N2CCOCC2)c1. The van der Waals surface area contributed by atoms with Crippen LogP contribution in [-0.2, 0) is 19.6 Å². The highest BCUT2D eigenvalue weighted by Gasteiger charge is 2.28. The molecule has 1 fully saturated rings. The van der Waals surface area contributed by atoms with Gasteiger partial charge < -0.3 is 10.1 Å². The summed E-state index contributed by atoms with van der Waals surface area (Å²) in [5.41, 5.74) is 0.355. The zero-order chi connectivity index (χ0) is 19.4.